The van der Waals surface area contributed by atoms with Crippen molar-refractivity contribution in [1.82, 2.24) is 10.2 Å². The van der Waals surface area contributed by atoms with E-state index in [2.05, 4.69) is 27.7 Å². The number of halogens is 3. The van der Waals surface area contributed by atoms with Gasteiger partial charge in [-0.15, -0.1) is 0 Å². The maximum atomic E-state index is 14.0. The lowest BCUT2D eigenvalue weighted by molar-refractivity contribution is 0.0646. The summed E-state index contributed by atoms with van der Waals surface area (Å²) in [7, 11) is 3.27. The van der Waals surface area contributed by atoms with Crippen LogP contribution in [0.15, 0.2) is 30.3 Å². The average molecular weight is 504 g/mol. The Hall–Kier alpha value is -2.94. The number of anilines is 1. The summed E-state index contributed by atoms with van der Waals surface area (Å²) >= 11 is 0. The van der Waals surface area contributed by atoms with Crippen LogP contribution in [0.25, 0.3) is 0 Å². The Balaban J connectivity index is 1.35. The first-order valence-electron chi connectivity index (χ1n) is 12.6. The minimum Gasteiger partial charge on any atom is -0.493 e. The molecule has 2 saturated carbocycles. The van der Waals surface area contributed by atoms with Crippen molar-refractivity contribution >= 4 is 11.7 Å². The van der Waals surface area contributed by atoms with E-state index in [4.69, 9.17) is 9.47 Å². The number of fused-ring (bicyclic) bond motifs is 1. The summed E-state index contributed by atoms with van der Waals surface area (Å²) in [5, 5.41) is 5.28. The lowest BCUT2D eigenvalue weighted by atomic mass is 9.64. The largest absolute Gasteiger partial charge is 0.493 e. The molecule has 1 saturated heterocycles. The quantitative estimate of drug-likeness (QED) is 0.521. The van der Waals surface area contributed by atoms with Gasteiger partial charge in [0, 0.05) is 23.5 Å². The van der Waals surface area contributed by atoms with E-state index in [0.29, 0.717) is 17.5 Å². The molecule has 2 aliphatic carbocycles. The molecule has 3 aliphatic rings. The number of urea groups is 1. The summed E-state index contributed by atoms with van der Waals surface area (Å²) in [5.41, 5.74) is 0.772. The highest BCUT2D eigenvalue weighted by Gasteiger charge is 2.53. The zero-order valence-electron chi connectivity index (χ0n) is 20.6. The minimum atomic E-state index is -1.60. The fourth-order valence-electron chi connectivity index (χ4n) is 6.32. The number of hydrogen-bond donors (Lipinski definition) is 2. The van der Waals surface area contributed by atoms with Crippen LogP contribution in [-0.4, -0.2) is 49.8 Å². The number of hydrogen-bond acceptors (Lipinski definition) is 4. The molecule has 0 aromatic heterocycles. The van der Waals surface area contributed by atoms with Crippen LogP contribution in [0.4, 0.5) is 23.7 Å². The van der Waals surface area contributed by atoms with Crippen molar-refractivity contribution < 1.29 is 27.4 Å². The summed E-state index contributed by atoms with van der Waals surface area (Å²) in [4.78, 5) is 15.3. The van der Waals surface area contributed by atoms with Crippen LogP contribution in [-0.2, 0) is 5.41 Å². The van der Waals surface area contributed by atoms with Gasteiger partial charge in [-0.05, 0) is 74.9 Å². The van der Waals surface area contributed by atoms with E-state index in [1.807, 2.05) is 6.07 Å². The predicted octanol–water partition coefficient (Wildman–Crippen LogP) is 5.36. The van der Waals surface area contributed by atoms with Crippen molar-refractivity contribution in [3.05, 3.63) is 53.3 Å². The van der Waals surface area contributed by atoms with Crippen LogP contribution in [0, 0.1) is 17.5 Å². The molecule has 6 nitrogen and oxygen atoms in total. The molecule has 3 fully saturated rings. The number of rotatable bonds is 6. The van der Waals surface area contributed by atoms with E-state index in [1.54, 1.807) is 14.2 Å². The average Bonchev–Trinajstić information content (AvgIpc) is 3.22. The number of methoxy groups -OCH3 is 2. The fourth-order valence-corrected chi connectivity index (χ4v) is 6.32. The molecule has 0 spiro atoms. The van der Waals surface area contributed by atoms with Gasteiger partial charge in [-0.1, -0.05) is 12.5 Å². The predicted molar refractivity (Wildman–Crippen MR) is 130 cm³/mol. The van der Waals surface area contributed by atoms with Crippen molar-refractivity contribution in [1.29, 1.82) is 0 Å². The van der Waals surface area contributed by atoms with Crippen LogP contribution in [0.3, 0.4) is 0 Å². The van der Waals surface area contributed by atoms with E-state index in [0.717, 1.165) is 44.4 Å². The SMILES string of the molecule is COc1ccc(C23CCC(NC(=O)Nc4ccc(F)c(F)c4F)CC2N(C2CCC2)CC3)cc1OC. The second-order valence-electron chi connectivity index (χ2n) is 10.1. The zero-order valence-corrected chi connectivity index (χ0v) is 20.6. The molecular formula is C27H32F3N3O3. The first kappa shape index (κ1) is 24.7. The topological polar surface area (TPSA) is 62.8 Å². The van der Waals surface area contributed by atoms with Crippen molar-refractivity contribution in [2.45, 2.75) is 68.5 Å². The Morgan fingerprint density at radius 3 is 2.47 bits per heavy atom. The van der Waals surface area contributed by atoms with E-state index in [-0.39, 0.29) is 23.2 Å². The van der Waals surface area contributed by atoms with Gasteiger partial charge < -0.3 is 20.1 Å². The van der Waals surface area contributed by atoms with Crippen molar-refractivity contribution in [2.75, 3.05) is 26.1 Å². The Morgan fingerprint density at radius 1 is 1.00 bits per heavy atom. The van der Waals surface area contributed by atoms with E-state index in [1.165, 1.54) is 24.8 Å². The maximum Gasteiger partial charge on any atom is 0.319 e. The Kier molecular flexibility index (Phi) is 6.76. The molecule has 36 heavy (non-hydrogen) atoms. The number of likely N-dealkylation sites (tertiary alicyclic amines) is 1. The number of amides is 2. The lowest BCUT2D eigenvalue weighted by Crippen LogP contribution is -2.55. The van der Waals surface area contributed by atoms with E-state index < -0.39 is 23.5 Å². The van der Waals surface area contributed by atoms with E-state index >= 15 is 0 Å². The molecule has 5 rings (SSSR count). The Labute approximate surface area is 209 Å². The smallest absolute Gasteiger partial charge is 0.319 e. The monoisotopic (exact) mass is 503 g/mol. The summed E-state index contributed by atoms with van der Waals surface area (Å²) in [5.74, 6) is -2.91. The normalized spacial score (nSPS) is 26.1. The molecule has 2 N–H and O–H groups in total. The summed E-state index contributed by atoms with van der Waals surface area (Å²) in [6.07, 6.45) is 7.01. The zero-order chi connectivity index (χ0) is 25.4. The van der Waals surface area contributed by atoms with Gasteiger partial charge in [0.15, 0.2) is 29.0 Å². The van der Waals surface area contributed by atoms with Gasteiger partial charge in [0.25, 0.3) is 0 Å². The standard InChI is InChI=1S/C27H32F3N3O3/c1-35-21-9-6-16(14-22(21)36-2)27-11-10-17(15-23(27)33(13-12-27)18-4-3-5-18)31-26(34)32-20-8-7-19(28)24(29)25(20)30/h6-9,14,17-18,23H,3-5,10-13,15H2,1-2H3,(H2,31,32,34). The van der Waals surface area contributed by atoms with Crippen LogP contribution in [0.2, 0.25) is 0 Å². The molecule has 1 aliphatic heterocycles. The number of ether oxygens (including phenoxy) is 2. The first-order valence-corrected chi connectivity index (χ1v) is 12.6. The minimum absolute atomic E-state index is 0.0595. The third-order valence-electron chi connectivity index (χ3n) is 8.42. The second kappa shape index (κ2) is 9.84. The molecule has 0 radical (unpaired) electrons. The molecule has 3 unspecified atom stereocenters. The molecule has 0 bridgehead atoms. The number of benzene rings is 2. The van der Waals surface area contributed by atoms with Gasteiger partial charge in [-0.3, -0.25) is 4.90 Å². The maximum absolute atomic E-state index is 14.0. The number of nitrogens with one attached hydrogen (secondary N) is 2. The van der Waals surface area contributed by atoms with Gasteiger partial charge in [-0.2, -0.15) is 0 Å². The van der Waals surface area contributed by atoms with Gasteiger partial charge in [0.05, 0.1) is 19.9 Å². The summed E-state index contributed by atoms with van der Waals surface area (Å²) in [6, 6.07) is 8.02. The van der Waals surface area contributed by atoms with Crippen LogP contribution >= 0.6 is 0 Å². The number of carbonyl (C=O) groups is 1. The molecule has 2 aromatic rings. The van der Waals surface area contributed by atoms with Crippen molar-refractivity contribution in [2.24, 2.45) is 0 Å². The van der Waals surface area contributed by atoms with Gasteiger partial charge in [0.1, 0.15) is 0 Å². The number of carbonyl (C=O) groups excluding carboxylic acids is 1. The Morgan fingerprint density at radius 2 is 1.78 bits per heavy atom. The highest BCUT2D eigenvalue weighted by atomic mass is 19.2. The van der Waals surface area contributed by atoms with Crippen LogP contribution in [0.1, 0.15) is 50.5 Å². The highest BCUT2D eigenvalue weighted by molar-refractivity contribution is 5.89. The third kappa shape index (κ3) is 4.27. The third-order valence-corrected chi connectivity index (χ3v) is 8.42. The molecular weight excluding hydrogens is 471 g/mol. The first-order chi connectivity index (χ1) is 17.4. The second-order valence-corrected chi connectivity index (χ2v) is 10.1. The molecule has 2 aromatic carbocycles. The molecule has 9 heteroatoms. The molecule has 2 amide bonds. The molecule has 3 atom stereocenters. The summed E-state index contributed by atoms with van der Waals surface area (Å²) < 4.78 is 51.9. The van der Waals surface area contributed by atoms with Gasteiger partial charge >= 0.3 is 6.03 Å². The van der Waals surface area contributed by atoms with Gasteiger partial charge in [-0.25, -0.2) is 18.0 Å². The van der Waals surface area contributed by atoms with Gasteiger partial charge in [0.2, 0.25) is 0 Å². The highest BCUT2D eigenvalue weighted by Crippen LogP contribution is 2.52. The van der Waals surface area contributed by atoms with Crippen LogP contribution in [0.5, 0.6) is 11.5 Å². The number of nitrogens with zero attached hydrogens (tertiary/aromatic N) is 1. The van der Waals surface area contributed by atoms with Crippen LogP contribution < -0.4 is 20.1 Å². The van der Waals surface area contributed by atoms with E-state index in [9.17, 15) is 18.0 Å². The molecule has 1 heterocycles. The molecule has 194 valence electrons. The van der Waals surface area contributed by atoms with Crippen molar-refractivity contribution in [3.63, 3.8) is 0 Å². The Bertz CT molecular complexity index is 1140. The summed E-state index contributed by atoms with van der Waals surface area (Å²) in [6.45, 7) is 1.00. The fraction of sp³-hybridized carbons (Fsp3) is 0.519. The lowest BCUT2D eigenvalue weighted by Gasteiger charge is -2.48. The van der Waals surface area contributed by atoms with Crippen molar-refractivity contribution in [3.8, 4) is 11.5 Å².